The van der Waals surface area contributed by atoms with E-state index in [4.69, 9.17) is 5.73 Å². The standard InChI is InChI=1S/C11H19N5O/c1-11(12,8-4-5-8)10(17)13-6-2-3-9-14-7-15-16-9/h7-8H,2-6,12H2,1H3,(H,13,17)(H,14,15,16). The number of amides is 1. The molecule has 0 saturated heterocycles. The highest BCUT2D eigenvalue weighted by atomic mass is 16.2. The molecule has 1 atom stereocenters. The van der Waals surface area contributed by atoms with Gasteiger partial charge in [-0.05, 0) is 32.1 Å². The molecule has 4 N–H and O–H groups in total. The van der Waals surface area contributed by atoms with E-state index >= 15 is 0 Å². The quantitative estimate of drug-likeness (QED) is 0.606. The average Bonchev–Trinajstić information content (AvgIpc) is 3.04. The molecule has 0 radical (unpaired) electrons. The van der Waals surface area contributed by atoms with Crippen LogP contribution >= 0.6 is 0 Å². The van der Waals surface area contributed by atoms with Crippen molar-refractivity contribution in [2.24, 2.45) is 11.7 Å². The van der Waals surface area contributed by atoms with E-state index in [1.165, 1.54) is 6.33 Å². The first-order chi connectivity index (χ1) is 8.10. The van der Waals surface area contributed by atoms with E-state index < -0.39 is 5.54 Å². The van der Waals surface area contributed by atoms with Crippen molar-refractivity contribution in [1.29, 1.82) is 0 Å². The average molecular weight is 237 g/mol. The molecule has 1 heterocycles. The Kier molecular flexibility index (Phi) is 3.42. The van der Waals surface area contributed by atoms with Gasteiger partial charge in [-0.3, -0.25) is 9.89 Å². The van der Waals surface area contributed by atoms with Crippen molar-refractivity contribution in [1.82, 2.24) is 20.5 Å². The first-order valence-corrected chi connectivity index (χ1v) is 6.02. The van der Waals surface area contributed by atoms with Crippen molar-refractivity contribution < 1.29 is 4.79 Å². The maximum absolute atomic E-state index is 11.8. The predicted octanol–water partition coefficient (Wildman–Crippen LogP) is -0.0191. The molecular formula is C11H19N5O. The summed E-state index contributed by atoms with van der Waals surface area (Å²) in [7, 11) is 0. The summed E-state index contributed by atoms with van der Waals surface area (Å²) in [5.41, 5.74) is 5.30. The molecule has 1 saturated carbocycles. The number of hydrogen-bond donors (Lipinski definition) is 3. The van der Waals surface area contributed by atoms with Crippen LogP contribution in [0.1, 0.15) is 32.0 Å². The molecule has 0 bridgehead atoms. The number of aryl methyl sites for hydroxylation is 1. The van der Waals surface area contributed by atoms with Crippen LogP contribution in [0.5, 0.6) is 0 Å². The van der Waals surface area contributed by atoms with E-state index in [1.807, 2.05) is 6.92 Å². The lowest BCUT2D eigenvalue weighted by molar-refractivity contribution is -0.126. The Labute approximate surface area is 100 Å². The third-order valence-corrected chi connectivity index (χ3v) is 3.26. The number of carbonyl (C=O) groups excluding carboxylic acids is 1. The first-order valence-electron chi connectivity index (χ1n) is 6.02. The lowest BCUT2D eigenvalue weighted by atomic mass is 9.96. The fourth-order valence-electron chi connectivity index (χ4n) is 1.87. The second-order valence-corrected chi connectivity index (χ2v) is 4.85. The van der Waals surface area contributed by atoms with Gasteiger partial charge in [-0.25, -0.2) is 4.98 Å². The van der Waals surface area contributed by atoms with Crippen LogP contribution in [0.3, 0.4) is 0 Å². The van der Waals surface area contributed by atoms with Gasteiger partial charge in [-0.2, -0.15) is 5.10 Å². The number of rotatable bonds is 6. The summed E-state index contributed by atoms with van der Waals surface area (Å²) in [5, 5.41) is 9.43. The van der Waals surface area contributed by atoms with Crippen LogP contribution in [0.25, 0.3) is 0 Å². The van der Waals surface area contributed by atoms with Gasteiger partial charge in [0, 0.05) is 13.0 Å². The normalized spacial score (nSPS) is 18.7. The number of carbonyl (C=O) groups is 1. The second kappa shape index (κ2) is 4.83. The van der Waals surface area contributed by atoms with Crippen LogP contribution in [0.4, 0.5) is 0 Å². The number of aromatic amines is 1. The minimum absolute atomic E-state index is 0.0439. The maximum Gasteiger partial charge on any atom is 0.240 e. The lowest BCUT2D eigenvalue weighted by Crippen LogP contribution is -2.53. The van der Waals surface area contributed by atoms with Gasteiger partial charge < -0.3 is 11.1 Å². The van der Waals surface area contributed by atoms with Gasteiger partial charge in [0.1, 0.15) is 12.2 Å². The largest absolute Gasteiger partial charge is 0.354 e. The summed E-state index contributed by atoms with van der Waals surface area (Å²) < 4.78 is 0. The van der Waals surface area contributed by atoms with Gasteiger partial charge in [0.15, 0.2) is 0 Å². The zero-order valence-corrected chi connectivity index (χ0v) is 10.1. The molecule has 0 spiro atoms. The fourth-order valence-corrected chi connectivity index (χ4v) is 1.87. The van der Waals surface area contributed by atoms with Crippen molar-refractivity contribution in [3.05, 3.63) is 12.2 Å². The summed E-state index contributed by atoms with van der Waals surface area (Å²) in [4.78, 5) is 15.9. The highest BCUT2D eigenvalue weighted by Crippen LogP contribution is 2.38. The number of nitrogens with two attached hydrogens (primary N) is 1. The summed E-state index contributed by atoms with van der Waals surface area (Å²) in [6.07, 6.45) is 5.24. The molecular weight excluding hydrogens is 218 g/mol. The molecule has 1 aromatic rings. The van der Waals surface area contributed by atoms with Crippen LogP contribution in [0.15, 0.2) is 6.33 Å². The zero-order valence-electron chi connectivity index (χ0n) is 10.1. The molecule has 6 nitrogen and oxygen atoms in total. The third kappa shape index (κ3) is 3.03. The zero-order chi connectivity index (χ0) is 12.3. The van der Waals surface area contributed by atoms with Crippen molar-refractivity contribution in [2.75, 3.05) is 6.54 Å². The summed E-state index contributed by atoms with van der Waals surface area (Å²) in [6.45, 7) is 2.44. The Balaban J connectivity index is 1.66. The van der Waals surface area contributed by atoms with Crippen molar-refractivity contribution in [3.63, 3.8) is 0 Å². The Morgan fingerprint density at radius 3 is 3.06 bits per heavy atom. The van der Waals surface area contributed by atoms with Gasteiger partial charge in [0.05, 0.1) is 5.54 Å². The SMILES string of the molecule is CC(N)(C(=O)NCCCc1ncn[nH]1)C1CC1. The van der Waals surface area contributed by atoms with Crippen LogP contribution in [0, 0.1) is 5.92 Å². The Bertz CT molecular complexity index is 369. The number of aromatic nitrogens is 3. The van der Waals surface area contributed by atoms with Crippen LogP contribution in [-0.4, -0.2) is 33.2 Å². The van der Waals surface area contributed by atoms with Crippen molar-refractivity contribution in [2.45, 2.75) is 38.1 Å². The van der Waals surface area contributed by atoms with Gasteiger partial charge in [0.25, 0.3) is 0 Å². The minimum atomic E-state index is -0.702. The molecule has 2 rings (SSSR count). The highest BCUT2D eigenvalue weighted by Gasteiger charge is 2.43. The Hall–Kier alpha value is -1.43. The van der Waals surface area contributed by atoms with Crippen LogP contribution < -0.4 is 11.1 Å². The van der Waals surface area contributed by atoms with E-state index in [9.17, 15) is 4.79 Å². The molecule has 0 aromatic carbocycles. The molecule has 1 amide bonds. The smallest absolute Gasteiger partial charge is 0.240 e. The summed E-state index contributed by atoms with van der Waals surface area (Å²) >= 11 is 0. The van der Waals surface area contributed by atoms with Gasteiger partial charge in [-0.1, -0.05) is 0 Å². The molecule has 6 heteroatoms. The molecule has 1 aliphatic carbocycles. The number of nitrogens with zero attached hydrogens (tertiary/aromatic N) is 2. The second-order valence-electron chi connectivity index (χ2n) is 4.85. The van der Waals surface area contributed by atoms with Crippen LogP contribution in [-0.2, 0) is 11.2 Å². The fraction of sp³-hybridized carbons (Fsp3) is 0.727. The lowest BCUT2D eigenvalue weighted by Gasteiger charge is -2.23. The number of nitrogens with one attached hydrogen (secondary N) is 2. The Morgan fingerprint density at radius 2 is 2.47 bits per heavy atom. The predicted molar refractivity (Wildman–Crippen MR) is 63.0 cm³/mol. The third-order valence-electron chi connectivity index (χ3n) is 3.26. The van der Waals surface area contributed by atoms with Crippen LogP contribution in [0.2, 0.25) is 0 Å². The van der Waals surface area contributed by atoms with Gasteiger partial charge >= 0.3 is 0 Å². The molecule has 1 aliphatic rings. The maximum atomic E-state index is 11.8. The minimum Gasteiger partial charge on any atom is -0.354 e. The molecule has 1 unspecified atom stereocenters. The van der Waals surface area contributed by atoms with Crippen molar-refractivity contribution >= 4 is 5.91 Å². The number of H-pyrrole nitrogens is 1. The summed E-state index contributed by atoms with van der Waals surface area (Å²) in [5.74, 6) is 1.16. The van der Waals surface area contributed by atoms with Gasteiger partial charge in [0.2, 0.25) is 5.91 Å². The van der Waals surface area contributed by atoms with Gasteiger partial charge in [-0.15, -0.1) is 0 Å². The topological polar surface area (TPSA) is 96.7 Å². The molecule has 0 aliphatic heterocycles. The monoisotopic (exact) mass is 237 g/mol. The molecule has 1 fully saturated rings. The number of hydrogen-bond acceptors (Lipinski definition) is 4. The first kappa shape index (κ1) is 12.0. The van der Waals surface area contributed by atoms with Crippen molar-refractivity contribution in [3.8, 4) is 0 Å². The molecule has 1 aromatic heterocycles. The van der Waals surface area contributed by atoms with E-state index in [1.54, 1.807) is 0 Å². The molecule has 17 heavy (non-hydrogen) atoms. The highest BCUT2D eigenvalue weighted by molar-refractivity contribution is 5.86. The molecule has 94 valence electrons. The van der Waals surface area contributed by atoms with E-state index in [0.29, 0.717) is 12.5 Å². The van der Waals surface area contributed by atoms with E-state index in [-0.39, 0.29) is 5.91 Å². The van der Waals surface area contributed by atoms with E-state index in [0.717, 1.165) is 31.5 Å². The Morgan fingerprint density at radius 1 is 1.71 bits per heavy atom. The summed E-state index contributed by atoms with van der Waals surface area (Å²) in [6, 6.07) is 0. The van der Waals surface area contributed by atoms with E-state index in [2.05, 4.69) is 20.5 Å².